The summed E-state index contributed by atoms with van der Waals surface area (Å²) in [5, 5.41) is 6.12. The van der Waals surface area contributed by atoms with E-state index in [0.717, 1.165) is 30.1 Å². The van der Waals surface area contributed by atoms with Crippen LogP contribution in [0.25, 0.3) is 0 Å². The first-order chi connectivity index (χ1) is 14.1. The van der Waals surface area contributed by atoms with Crippen LogP contribution in [0.4, 0.5) is 11.4 Å². The number of rotatable bonds is 9. The molecule has 150 valence electrons. The maximum atomic E-state index is 12.4. The average Bonchev–Trinajstić information content (AvgIpc) is 2.74. The third kappa shape index (κ3) is 6.62. The van der Waals surface area contributed by atoms with Crippen LogP contribution in [0.15, 0.2) is 72.9 Å². The van der Waals surface area contributed by atoms with Gasteiger partial charge in [-0.15, -0.1) is 0 Å². The van der Waals surface area contributed by atoms with Crippen LogP contribution < -0.4 is 15.4 Å². The molecule has 2 N–H and O–H groups in total. The number of aromatic nitrogens is 1. The Labute approximate surface area is 171 Å². The van der Waals surface area contributed by atoms with E-state index in [1.807, 2.05) is 74.8 Å². The molecule has 29 heavy (non-hydrogen) atoms. The number of amides is 1. The number of nitrogens with zero attached hydrogens (tertiary/aromatic N) is 2. The number of ether oxygens (including phenoxy) is 1. The molecule has 0 aliphatic heterocycles. The number of hydrogen-bond donors (Lipinski definition) is 2. The first-order valence-corrected chi connectivity index (χ1v) is 9.53. The number of nitrogens with one attached hydrogen (secondary N) is 2. The van der Waals surface area contributed by atoms with Crippen molar-refractivity contribution in [1.29, 1.82) is 0 Å². The summed E-state index contributed by atoms with van der Waals surface area (Å²) in [5.41, 5.74) is 3.06. The SMILES string of the molecule is CN(C)CCNc1ccc(C(=O)Nc2ccc(OCc3ccccc3)cc2)nc1. The summed E-state index contributed by atoms with van der Waals surface area (Å²) in [6.45, 7) is 2.25. The molecule has 6 nitrogen and oxygen atoms in total. The van der Waals surface area contributed by atoms with Gasteiger partial charge in [-0.2, -0.15) is 0 Å². The summed E-state index contributed by atoms with van der Waals surface area (Å²) in [5.74, 6) is 0.501. The number of carbonyl (C=O) groups is 1. The Morgan fingerprint density at radius 3 is 2.34 bits per heavy atom. The van der Waals surface area contributed by atoms with Crippen LogP contribution in [0.1, 0.15) is 16.1 Å². The molecule has 3 rings (SSSR count). The second kappa shape index (κ2) is 10.2. The highest BCUT2D eigenvalue weighted by molar-refractivity contribution is 6.02. The Balaban J connectivity index is 1.49. The van der Waals surface area contributed by atoms with E-state index in [-0.39, 0.29) is 5.91 Å². The van der Waals surface area contributed by atoms with E-state index in [4.69, 9.17) is 4.74 Å². The van der Waals surface area contributed by atoms with Gasteiger partial charge in [0.05, 0.1) is 11.9 Å². The average molecular weight is 390 g/mol. The molecule has 0 saturated heterocycles. The van der Waals surface area contributed by atoms with E-state index in [0.29, 0.717) is 18.0 Å². The van der Waals surface area contributed by atoms with E-state index < -0.39 is 0 Å². The fourth-order valence-electron chi connectivity index (χ4n) is 2.63. The molecule has 0 aliphatic rings. The Morgan fingerprint density at radius 2 is 1.69 bits per heavy atom. The first kappa shape index (κ1) is 20.4. The molecule has 3 aromatic rings. The van der Waals surface area contributed by atoms with Crippen molar-refractivity contribution in [3.8, 4) is 5.75 Å². The standard InChI is InChI=1S/C23H26N4O2/c1-27(2)15-14-24-20-10-13-22(25-16-20)23(28)26-19-8-11-21(12-9-19)29-17-18-6-4-3-5-7-18/h3-13,16,24H,14-15,17H2,1-2H3,(H,26,28). The third-order valence-electron chi connectivity index (χ3n) is 4.24. The minimum absolute atomic E-state index is 0.247. The van der Waals surface area contributed by atoms with Crippen LogP contribution in [0.2, 0.25) is 0 Å². The van der Waals surface area contributed by atoms with Crippen LogP contribution in [0, 0.1) is 0 Å². The van der Waals surface area contributed by atoms with Gasteiger partial charge in [-0.3, -0.25) is 4.79 Å². The van der Waals surface area contributed by atoms with Gasteiger partial charge in [0, 0.05) is 18.8 Å². The molecule has 0 radical (unpaired) electrons. The Bertz CT molecular complexity index is 894. The lowest BCUT2D eigenvalue weighted by atomic mass is 10.2. The van der Waals surface area contributed by atoms with Crippen molar-refractivity contribution in [2.24, 2.45) is 0 Å². The van der Waals surface area contributed by atoms with Crippen molar-refractivity contribution in [3.63, 3.8) is 0 Å². The zero-order valence-corrected chi connectivity index (χ0v) is 16.8. The van der Waals surface area contributed by atoms with Crippen LogP contribution in [0.5, 0.6) is 5.75 Å². The van der Waals surface area contributed by atoms with E-state index in [2.05, 4.69) is 20.5 Å². The van der Waals surface area contributed by atoms with Crippen LogP contribution in [-0.2, 0) is 6.61 Å². The molecule has 0 spiro atoms. The zero-order chi connectivity index (χ0) is 20.5. The highest BCUT2D eigenvalue weighted by Gasteiger charge is 2.08. The second-order valence-electron chi connectivity index (χ2n) is 6.91. The summed E-state index contributed by atoms with van der Waals surface area (Å²) in [4.78, 5) is 18.7. The van der Waals surface area contributed by atoms with Gasteiger partial charge in [0.25, 0.3) is 5.91 Å². The van der Waals surface area contributed by atoms with Crippen molar-refractivity contribution in [3.05, 3.63) is 84.2 Å². The van der Waals surface area contributed by atoms with Crippen molar-refractivity contribution >= 4 is 17.3 Å². The number of anilines is 2. The predicted octanol–water partition coefficient (Wildman–Crippen LogP) is 3.89. The van der Waals surface area contributed by atoms with E-state index in [9.17, 15) is 4.79 Å². The Morgan fingerprint density at radius 1 is 0.966 bits per heavy atom. The third-order valence-corrected chi connectivity index (χ3v) is 4.24. The number of pyridine rings is 1. The van der Waals surface area contributed by atoms with Crippen molar-refractivity contribution in [1.82, 2.24) is 9.88 Å². The molecule has 0 aliphatic carbocycles. The van der Waals surface area contributed by atoms with Gasteiger partial charge in [0.15, 0.2) is 0 Å². The molecule has 0 atom stereocenters. The predicted molar refractivity (Wildman–Crippen MR) is 116 cm³/mol. The van der Waals surface area contributed by atoms with Crippen LogP contribution >= 0.6 is 0 Å². The van der Waals surface area contributed by atoms with Gasteiger partial charge in [0.1, 0.15) is 18.1 Å². The van der Waals surface area contributed by atoms with Gasteiger partial charge < -0.3 is 20.3 Å². The minimum Gasteiger partial charge on any atom is -0.489 e. The summed E-state index contributed by atoms with van der Waals surface area (Å²) in [6.07, 6.45) is 1.67. The number of carbonyl (C=O) groups excluding carboxylic acids is 1. The molecule has 6 heteroatoms. The van der Waals surface area contributed by atoms with E-state index in [1.165, 1.54) is 0 Å². The Kier molecular flexibility index (Phi) is 7.19. The highest BCUT2D eigenvalue weighted by atomic mass is 16.5. The Hall–Kier alpha value is -3.38. The number of hydrogen-bond acceptors (Lipinski definition) is 5. The smallest absolute Gasteiger partial charge is 0.274 e. The van der Waals surface area contributed by atoms with Gasteiger partial charge >= 0.3 is 0 Å². The van der Waals surface area contributed by atoms with Crippen LogP contribution in [0.3, 0.4) is 0 Å². The molecule has 0 unspecified atom stereocenters. The molecule has 1 aromatic heterocycles. The molecule has 2 aromatic carbocycles. The highest BCUT2D eigenvalue weighted by Crippen LogP contribution is 2.18. The topological polar surface area (TPSA) is 66.5 Å². The molecule has 0 saturated carbocycles. The van der Waals surface area contributed by atoms with Crippen molar-refractivity contribution in [2.75, 3.05) is 37.8 Å². The molecular weight excluding hydrogens is 364 g/mol. The second-order valence-corrected chi connectivity index (χ2v) is 6.91. The first-order valence-electron chi connectivity index (χ1n) is 9.53. The lowest BCUT2D eigenvalue weighted by Crippen LogP contribution is -2.21. The van der Waals surface area contributed by atoms with Crippen molar-refractivity contribution in [2.45, 2.75) is 6.61 Å². The minimum atomic E-state index is -0.247. The molecule has 1 heterocycles. The summed E-state index contributed by atoms with van der Waals surface area (Å²) in [6, 6.07) is 20.9. The largest absolute Gasteiger partial charge is 0.489 e. The van der Waals surface area contributed by atoms with Gasteiger partial charge in [-0.05, 0) is 56.1 Å². The zero-order valence-electron chi connectivity index (χ0n) is 16.8. The number of likely N-dealkylation sites (N-methyl/N-ethyl adjacent to an activating group) is 1. The quantitative estimate of drug-likeness (QED) is 0.580. The van der Waals surface area contributed by atoms with Gasteiger partial charge in [-0.1, -0.05) is 30.3 Å². The lowest BCUT2D eigenvalue weighted by Gasteiger charge is -2.11. The maximum absolute atomic E-state index is 12.4. The summed E-state index contributed by atoms with van der Waals surface area (Å²) >= 11 is 0. The lowest BCUT2D eigenvalue weighted by molar-refractivity contribution is 0.102. The fraction of sp³-hybridized carbons (Fsp3) is 0.217. The van der Waals surface area contributed by atoms with Crippen LogP contribution in [-0.4, -0.2) is 43.0 Å². The maximum Gasteiger partial charge on any atom is 0.274 e. The molecule has 0 bridgehead atoms. The number of benzene rings is 2. The van der Waals surface area contributed by atoms with E-state index in [1.54, 1.807) is 12.3 Å². The van der Waals surface area contributed by atoms with Gasteiger partial charge in [0.2, 0.25) is 0 Å². The summed E-state index contributed by atoms with van der Waals surface area (Å²) < 4.78 is 5.76. The van der Waals surface area contributed by atoms with Gasteiger partial charge in [-0.25, -0.2) is 4.98 Å². The van der Waals surface area contributed by atoms with E-state index >= 15 is 0 Å². The van der Waals surface area contributed by atoms with Crippen molar-refractivity contribution < 1.29 is 9.53 Å². The fourth-order valence-corrected chi connectivity index (χ4v) is 2.63. The normalized spacial score (nSPS) is 10.6. The monoisotopic (exact) mass is 390 g/mol. The molecular formula is C23H26N4O2. The summed E-state index contributed by atoms with van der Waals surface area (Å²) in [7, 11) is 4.05. The molecule has 1 amide bonds. The molecule has 0 fully saturated rings.